The van der Waals surface area contributed by atoms with Crippen LogP contribution in [0.3, 0.4) is 0 Å². The molecular weight excluding hydrogens is 270 g/mol. The van der Waals surface area contributed by atoms with Crippen molar-refractivity contribution in [2.45, 2.75) is 38.6 Å². The van der Waals surface area contributed by atoms with Gasteiger partial charge in [0.15, 0.2) is 5.96 Å². The zero-order valence-electron chi connectivity index (χ0n) is 13.0. The zero-order valence-corrected chi connectivity index (χ0v) is 13.0. The summed E-state index contributed by atoms with van der Waals surface area (Å²) in [6.45, 7) is 6.52. The Kier molecular flexibility index (Phi) is 4.69. The molecule has 2 aliphatic heterocycles. The van der Waals surface area contributed by atoms with Crippen LogP contribution in [-0.2, 0) is 4.79 Å². The normalized spacial score (nSPS) is 27.6. The molecule has 0 aromatic carbocycles. The molecule has 1 atom stereocenters. The molecule has 118 valence electrons. The second kappa shape index (κ2) is 6.32. The van der Waals surface area contributed by atoms with Crippen molar-refractivity contribution in [2.24, 2.45) is 10.9 Å². The maximum atomic E-state index is 12.0. The third-order valence-electron chi connectivity index (χ3n) is 4.43. The van der Waals surface area contributed by atoms with Crippen molar-refractivity contribution in [3.05, 3.63) is 0 Å². The number of nitrogens with zero attached hydrogens (tertiary/aromatic N) is 2. The molecule has 0 saturated carbocycles. The summed E-state index contributed by atoms with van der Waals surface area (Å²) < 4.78 is 0. The highest BCUT2D eigenvalue weighted by atomic mass is 16.2. The van der Waals surface area contributed by atoms with Crippen LogP contribution in [0.25, 0.3) is 0 Å². The van der Waals surface area contributed by atoms with Crippen molar-refractivity contribution >= 4 is 17.9 Å². The van der Waals surface area contributed by atoms with Gasteiger partial charge in [0.2, 0.25) is 0 Å². The Morgan fingerprint density at radius 3 is 2.57 bits per heavy atom. The summed E-state index contributed by atoms with van der Waals surface area (Å²) in [6, 6.07) is -0.384. The lowest BCUT2D eigenvalue weighted by Gasteiger charge is -2.39. The number of hydrogen-bond acceptors (Lipinski definition) is 3. The Labute approximate surface area is 125 Å². The number of likely N-dealkylation sites (tertiary alicyclic amines) is 1. The minimum Gasteiger partial charge on any atom is -0.356 e. The lowest BCUT2D eigenvalue weighted by atomic mass is 9.79. The predicted octanol–water partition coefficient (Wildman–Crippen LogP) is 0.282. The highest BCUT2D eigenvalue weighted by molar-refractivity contribution is 6.07. The lowest BCUT2D eigenvalue weighted by molar-refractivity contribution is -0.125. The van der Waals surface area contributed by atoms with Crippen LogP contribution in [-0.4, -0.2) is 55.0 Å². The van der Waals surface area contributed by atoms with Gasteiger partial charge in [0.05, 0.1) is 0 Å². The Hall–Kier alpha value is -1.79. The third kappa shape index (κ3) is 3.11. The molecule has 2 saturated heterocycles. The fourth-order valence-electron chi connectivity index (χ4n) is 3.08. The number of piperidine rings is 1. The maximum Gasteiger partial charge on any atom is 0.322 e. The zero-order chi connectivity index (χ0) is 15.5. The molecule has 2 aliphatic rings. The summed E-state index contributed by atoms with van der Waals surface area (Å²) in [5.41, 5.74) is -0.774. The summed E-state index contributed by atoms with van der Waals surface area (Å²) in [7, 11) is 1.79. The molecule has 7 nitrogen and oxygen atoms in total. The van der Waals surface area contributed by atoms with E-state index < -0.39 is 5.54 Å². The van der Waals surface area contributed by atoms with Crippen LogP contribution >= 0.6 is 0 Å². The minimum absolute atomic E-state index is 0.157. The van der Waals surface area contributed by atoms with Gasteiger partial charge in [0.25, 0.3) is 5.91 Å². The molecule has 2 heterocycles. The summed E-state index contributed by atoms with van der Waals surface area (Å²) in [5.74, 6) is 0.865. The van der Waals surface area contributed by atoms with Crippen LogP contribution in [0.2, 0.25) is 0 Å². The number of urea groups is 1. The van der Waals surface area contributed by atoms with E-state index in [9.17, 15) is 9.59 Å². The Morgan fingerprint density at radius 1 is 1.43 bits per heavy atom. The van der Waals surface area contributed by atoms with Gasteiger partial charge in [-0.25, -0.2) is 4.79 Å². The molecule has 21 heavy (non-hydrogen) atoms. The Morgan fingerprint density at radius 2 is 2.10 bits per heavy atom. The first-order valence-electron chi connectivity index (χ1n) is 7.60. The molecule has 0 aliphatic carbocycles. The molecule has 0 bridgehead atoms. The lowest BCUT2D eigenvalue weighted by Crippen LogP contribution is -2.55. The van der Waals surface area contributed by atoms with Crippen molar-refractivity contribution in [3.63, 3.8) is 0 Å². The van der Waals surface area contributed by atoms with Crippen LogP contribution in [0, 0.1) is 5.92 Å². The van der Waals surface area contributed by atoms with E-state index in [-0.39, 0.29) is 17.9 Å². The fraction of sp³-hybridized carbons (Fsp3) is 0.786. The molecule has 0 spiro atoms. The first-order valence-corrected chi connectivity index (χ1v) is 7.60. The number of rotatable bonds is 3. The van der Waals surface area contributed by atoms with Gasteiger partial charge in [0.1, 0.15) is 5.54 Å². The molecular formula is C14H25N5O2. The van der Waals surface area contributed by atoms with E-state index in [0.717, 1.165) is 44.9 Å². The number of guanidine groups is 1. The van der Waals surface area contributed by atoms with Crippen molar-refractivity contribution in [2.75, 3.05) is 26.7 Å². The van der Waals surface area contributed by atoms with Crippen LogP contribution < -0.4 is 16.0 Å². The average molecular weight is 295 g/mol. The van der Waals surface area contributed by atoms with E-state index >= 15 is 0 Å². The molecule has 0 aromatic heterocycles. The van der Waals surface area contributed by atoms with Gasteiger partial charge in [-0.05, 0) is 32.1 Å². The van der Waals surface area contributed by atoms with Crippen LogP contribution in [0.15, 0.2) is 4.99 Å². The number of amides is 3. The summed E-state index contributed by atoms with van der Waals surface area (Å²) in [4.78, 5) is 29.9. The number of nitrogens with one attached hydrogen (secondary N) is 3. The molecule has 7 heteroatoms. The van der Waals surface area contributed by atoms with Crippen molar-refractivity contribution in [1.29, 1.82) is 0 Å². The molecule has 3 amide bonds. The monoisotopic (exact) mass is 295 g/mol. The minimum atomic E-state index is -0.774. The van der Waals surface area contributed by atoms with Gasteiger partial charge in [-0.3, -0.25) is 15.1 Å². The van der Waals surface area contributed by atoms with Crippen LogP contribution in [0.5, 0.6) is 0 Å². The van der Waals surface area contributed by atoms with E-state index in [1.807, 2.05) is 6.92 Å². The summed E-state index contributed by atoms with van der Waals surface area (Å²) >= 11 is 0. The number of aliphatic imine (C=N–C) groups is 1. The molecule has 2 fully saturated rings. The Balaban J connectivity index is 1.94. The van der Waals surface area contributed by atoms with Crippen LogP contribution in [0.4, 0.5) is 4.79 Å². The predicted molar refractivity (Wildman–Crippen MR) is 81.0 cm³/mol. The van der Waals surface area contributed by atoms with Gasteiger partial charge in [-0.15, -0.1) is 0 Å². The van der Waals surface area contributed by atoms with E-state index in [4.69, 9.17) is 0 Å². The quantitative estimate of drug-likeness (QED) is 0.397. The summed E-state index contributed by atoms with van der Waals surface area (Å²) in [5, 5.41) is 8.44. The second-order valence-electron chi connectivity index (χ2n) is 5.85. The second-order valence-corrected chi connectivity index (χ2v) is 5.85. The van der Waals surface area contributed by atoms with E-state index in [0.29, 0.717) is 0 Å². The molecule has 0 radical (unpaired) electrons. The summed E-state index contributed by atoms with van der Waals surface area (Å²) in [6.07, 6.45) is 2.77. The van der Waals surface area contributed by atoms with Gasteiger partial charge < -0.3 is 15.5 Å². The molecule has 2 rings (SSSR count). The topological polar surface area (TPSA) is 85.8 Å². The number of carbonyl (C=O) groups is 2. The third-order valence-corrected chi connectivity index (χ3v) is 4.43. The largest absolute Gasteiger partial charge is 0.356 e. The molecule has 3 N–H and O–H groups in total. The number of carbonyl (C=O) groups excluding carboxylic acids is 2. The maximum absolute atomic E-state index is 12.0. The van der Waals surface area contributed by atoms with Gasteiger partial charge in [-0.2, -0.15) is 0 Å². The fourth-order valence-corrected chi connectivity index (χ4v) is 3.08. The molecule has 0 aromatic rings. The average Bonchev–Trinajstić information content (AvgIpc) is 2.74. The smallest absolute Gasteiger partial charge is 0.322 e. The van der Waals surface area contributed by atoms with Crippen molar-refractivity contribution in [3.8, 4) is 0 Å². The highest BCUT2D eigenvalue weighted by Gasteiger charge is 2.48. The standard InChI is InChI=1S/C14H25N5O2/c1-4-7-16-12(15-3)19-8-5-10(6-9-19)14(2)11(20)17-13(21)18-14/h10H,4-9H2,1-3H3,(H,15,16)(H2,17,18,20,21). The van der Waals surface area contributed by atoms with E-state index in [1.165, 1.54) is 0 Å². The van der Waals surface area contributed by atoms with Crippen molar-refractivity contribution < 1.29 is 9.59 Å². The van der Waals surface area contributed by atoms with Crippen molar-refractivity contribution in [1.82, 2.24) is 20.9 Å². The Bertz CT molecular complexity index is 443. The van der Waals surface area contributed by atoms with Gasteiger partial charge in [-0.1, -0.05) is 6.92 Å². The highest BCUT2D eigenvalue weighted by Crippen LogP contribution is 2.30. The van der Waals surface area contributed by atoms with E-state index in [2.05, 4.69) is 32.8 Å². The van der Waals surface area contributed by atoms with Gasteiger partial charge in [0, 0.05) is 26.7 Å². The van der Waals surface area contributed by atoms with E-state index in [1.54, 1.807) is 7.05 Å². The number of hydrogen-bond donors (Lipinski definition) is 3. The van der Waals surface area contributed by atoms with Gasteiger partial charge >= 0.3 is 6.03 Å². The first-order chi connectivity index (χ1) is 10.0. The van der Waals surface area contributed by atoms with Crippen LogP contribution in [0.1, 0.15) is 33.1 Å². The molecule has 1 unspecified atom stereocenters. The first kappa shape index (κ1) is 15.6. The number of imide groups is 1. The SMILES string of the molecule is CCCNC(=NC)N1CCC(C2(C)NC(=O)NC2=O)CC1.